The maximum atomic E-state index is 12.8. The Balaban J connectivity index is 1.96. The minimum absolute atomic E-state index is 0.0514. The van der Waals surface area contributed by atoms with E-state index in [1.807, 2.05) is 27.7 Å². The average molecular weight is 347 g/mol. The molecule has 3 heterocycles. The Morgan fingerprint density at radius 2 is 2.12 bits per heavy atom. The molecule has 0 saturated heterocycles. The molecular weight excluding hydrogens is 322 g/mol. The summed E-state index contributed by atoms with van der Waals surface area (Å²) in [6.07, 6.45) is 2.37. The highest BCUT2D eigenvalue weighted by Crippen LogP contribution is 2.31. The molecule has 0 fully saturated rings. The van der Waals surface area contributed by atoms with Gasteiger partial charge in [-0.2, -0.15) is 5.10 Å². The Morgan fingerprint density at radius 3 is 2.76 bits per heavy atom. The number of Topliss-reactive ketones (excluding diaryl/α,β-unsaturated/α-hetero) is 1. The van der Waals surface area contributed by atoms with Gasteiger partial charge in [-0.25, -0.2) is 4.79 Å². The Hall–Kier alpha value is -2.31. The molecule has 7 heteroatoms. The first-order chi connectivity index (χ1) is 11.7. The summed E-state index contributed by atoms with van der Waals surface area (Å²) in [6, 6.07) is -0.0514. The van der Waals surface area contributed by atoms with Crippen LogP contribution in [0.4, 0.5) is 4.79 Å². The number of hydrogen-bond acceptors (Lipinski definition) is 5. The molecule has 0 saturated carbocycles. The fourth-order valence-corrected chi connectivity index (χ4v) is 3.38. The molecule has 0 spiro atoms. The molecule has 136 valence electrons. The molecule has 1 N–H and O–H groups in total. The van der Waals surface area contributed by atoms with Crippen LogP contribution in [0.25, 0.3) is 0 Å². The number of allylic oxidation sites excluding steroid dienone is 1. The molecule has 0 radical (unpaired) electrons. The molecule has 1 atom stereocenters. The monoisotopic (exact) mass is 347 g/mol. The van der Waals surface area contributed by atoms with E-state index in [1.54, 1.807) is 9.58 Å². The van der Waals surface area contributed by atoms with Gasteiger partial charge in [-0.3, -0.25) is 9.48 Å². The van der Waals surface area contributed by atoms with E-state index >= 15 is 0 Å². The number of nitrogens with zero attached hydrogens (tertiary/aromatic N) is 3. The van der Waals surface area contributed by atoms with E-state index in [1.165, 1.54) is 0 Å². The maximum Gasteiger partial charge on any atom is 0.410 e. The highest BCUT2D eigenvalue weighted by atomic mass is 16.6. The lowest BCUT2D eigenvalue weighted by atomic mass is 9.96. The van der Waals surface area contributed by atoms with Crippen LogP contribution in [0, 0.1) is 0 Å². The molecule has 1 unspecified atom stereocenters. The second-order valence-corrected chi connectivity index (χ2v) is 7.75. The lowest BCUT2D eigenvalue weighted by Crippen LogP contribution is -2.45. The fraction of sp³-hybridized carbons (Fsp3) is 0.611. The van der Waals surface area contributed by atoms with Crippen LogP contribution in [0.1, 0.15) is 62.3 Å². The molecular formula is C18H25N3O4. The quantitative estimate of drug-likeness (QED) is 0.576. The molecule has 0 aromatic carbocycles. The van der Waals surface area contributed by atoms with Gasteiger partial charge in [0, 0.05) is 30.1 Å². The zero-order valence-electron chi connectivity index (χ0n) is 15.2. The van der Waals surface area contributed by atoms with E-state index in [2.05, 4.69) is 5.10 Å². The largest absolute Gasteiger partial charge is 0.515 e. The summed E-state index contributed by atoms with van der Waals surface area (Å²) in [6.45, 7) is 8.38. The van der Waals surface area contributed by atoms with E-state index in [0.29, 0.717) is 37.2 Å². The molecule has 3 rings (SSSR count). The van der Waals surface area contributed by atoms with Gasteiger partial charge in [-0.15, -0.1) is 0 Å². The zero-order valence-corrected chi connectivity index (χ0v) is 15.2. The fourth-order valence-electron chi connectivity index (χ4n) is 3.38. The van der Waals surface area contributed by atoms with Crippen molar-refractivity contribution in [3.63, 3.8) is 0 Å². The molecule has 1 aromatic heterocycles. The number of ketones is 1. The van der Waals surface area contributed by atoms with Gasteiger partial charge in [0.25, 0.3) is 0 Å². The zero-order chi connectivity index (χ0) is 18.4. The van der Waals surface area contributed by atoms with Crippen molar-refractivity contribution >= 4 is 11.9 Å². The number of rotatable bonds is 0. The molecule has 7 nitrogen and oxygen atoms in total. The summed E-state index contributed by atoms with van der Waals surface area (Å²) in [5.74, 6) is -0.201. The second kappa shape index (κ2) is 6.20. The third kappa shape index (κ3) is 3.27. The predicted molar refractivity (Wildman–Crippen MR) is 91.4 cm³/mol. The number of ether oxygens (including phenoxy) is 1. The highest BCUT2D eigenvalue weighted by Gasteiger charge is 2.36. The van der Waals surface area contributed by atoms with Crippen LogP contribution in [0.3, 0.4) is 0 Å². The van der Waals surface area contributed by atoms with Crippen molar-refractivity contribution in [2.45, 2.75) is 71.7 Å². The van der Waals surface area contributed by atoms with Crippen LogP contribution < -0.4 is 0 Å². The lowest BCUT2D eigenvalue weighted by molar-refractivity contribution is 0.0136. The number of fused-ring (bicyclic) bond motifs is 3. The lowest BCUT2D eigenvalue weighted by Gasteiger charge is -2.34. The Kier molecular flexibility index (Phi) is 4.34. The van der Waals surface area contributed by atoms with Crippen LogP contribution in [0.15, 0.2) is 11.8 Å². The minimum Gasteiger partial charge on any atom is -0.515 e. The van der Waals surface area contributed by atoms with Gasteiger partial charge in [0.05, 0.1) is 18.5 Å². The van der Waals surface area contributed by atoms with Crippen molar-refractivity contribution in [1.82, 2.24) is 14.7 Å². The van der Waals surface area contributed by atoms with Gasteiger partial charge in [0.2, 0.25) is 5.78 Å². The van der Waals surface area contributed by atoms with Gasteiger partial charge in [-0.05, 0) is 40.5 Å². The molecule has 25 heavy (non-hydrogen) atoms. The minimum atomic E-state index is -0.574. The predicted octanol–water partition coefficient (Wildman–Crippen LogP) is 2.98. The first-order valence-electron chi connectivity index (χ1n) is 8.67. The summed E-state index contributed by atoms with van der Waals surface area (Å²) in [4.78, 5) is 26.9. The smallest absolute Gasteiger partial charge is 0.410 e. The van der Waals surface area contributed by atoms with E-state index in [-0.39, 0.29) is 17.9 Å². The Bertz CT molecular complexity index is 742. The highest BCUT2D eigenvalue weighted by molar-refractivity contribution is 6.08. The van der Waals surface area contributed by atoms with Crippen LogP contribution in [0.2, 0.25) is 0 Å². The number of hydrogen-bond donors (Lipinski definition) is 1. The number of aromatic nitrogens is 2. The number of aliphatic hydroxyl groups is 1. The summed E-state index contributed by atoms with van der Waals surface area (Å²) in [7, 11) is 0. The van der Waals surface area contributed by atoms with Crippen LogP contribution in [-0.2, 0) is 24.2 Å². The van der Waals surface area contributed by atoms with Gasteiger partial charge in [0.1, 0.15) is 11.3 Å². The number of carbonyl (C=O) groups is 2. The van der Waals surface area contributed by atoms with E-state index in [0.717, 1.165) is 23.9 Å². The topological polar surface area (TPSA) is 84.7 Å². The first kappa shape index (κ1) is 17.5. The van der Waals surface area contributed by atoms with Gasteiger partial charge < -0.3 is 14.7 Å². The summed E-state index contributed by atoms with van der Waals surface area (Å²) < 4.78 is 7.23. The maximum absolute atomic E-state index is 12.8. The van der Waals surface area contributed by atoms with Crippen LogP contribution in [-0.4, -0.2) is 43.3 Å². The van der Waals surface area contributed by atoms with E-state index in [9.17, 15) is 14.7 Å². The summed E-state index contributed by atoms with van der Waals surface area (Å²) in [5, 5.41) is 14.0. The van der Waals surface area contributed by atoms with Crippen LogP contribution in [0.5, 0.6) is 0 Å². The molecule has 0 bridgehead atoms. The average Bonchev–Trinajstić information content (AvgIpc) is 2.77. The first-order valence-corrected chi connectivity index (χ1v) is 8.67. The molecule has 1 amide bonds. The molecule has 1 aromatic rings. The van der Waals surface area contributed by atoms with Crippen molar-refractivity contribution in [3.05, 3.63) is 28.8 Å². The summed E-state index contributed by atoms with van der Waals surface area (Å²) in [5.41, 5.74) is 1.94. The van der Waals surface area contributed by atoms with Crippen molar-refractivity contribution in [2.75, 3.05) is 0 Å². The molecule has 0 aliphatic carbocycles. The molecule has 2 aliphatic heterocycles. The Labute approximate surface area is 147 Å². The normalized spacial score (nSPS) is 22.4. The molecule has 2 aliphatic rings. The van der Waals surface area contributed by atoms with Crippen molar-refractivity contribution < 1.29 is 19.4 Å². The third-order valence-corrected chi connectivity index (χ3v) is 4.59. The van der Waals surface area contributed by atoms with Gasteiger partial charge in [0.15, 0.2) is 0 Å². The standard InChI is InChI=1S/C18H25N3O4/c1-11-8-14-13(9-20(11)17(24)25-18(2,3)4)15-16(23)12(10-22)6-5-7-21(15)19-14/h10-11,22H,5-9H2,1-4H3/b12-10-. The number of aryl methyl sites for hydroxylation is 1. The third-order valence-electron chi connectivity index (χ3n) is 4.59. The number of amides is 1. The van der Waals surface area contributed by atoms with Crippen LogP contribution >= 0.6 is 0 Å². The van der Waals surface area contributed by atoms with E-state index < -0.39 is 5.60 Å². The van der Waals surface area contributed by atoms with E-state index in [4.69, 9.17) is 4.74 Å². The van der Waals surface area contributed by atoms with Crippen molar-refractivity contribution in [3.8, 4) is 0 Å². The van der Waals surface area contributed by atoms with Gasteiger partial charge >= 0.3 is 6.09 Å². The number of aliphatic hydroxyl groups excluding tert-OH is 1. The van der Waals surface area contributed by atoms with Crippen molar-refractivity contribution in [1.29, 1.82) is 0 Å². The number of carbonyl (C=O) groups excluding carboxylic acids is 2. The second-order valence-electron chi connectivity index (χ2n) is 7.75. The van der Waals surface area contributed by atoms with Gasteiger partial charge in [-0.1, -0.05) is 0 Å². The summed E-state index contributed by atoms with van der Waals surface area (Å²) >= 11 is 0. The SMILES string of the molecule is CC1Cc2nn3c(c2CN1C(=O)OC(C)(C)C)C(=O)/C(=C\O)CCC3. The Morgan fingerprint density at radius 1 is 1.40 bits per heavy atom. The van der Waals surface area contributed by atoms with Crippen molar-refractivity contribution in [2.24, 2.45) is 0 Å².